The van der Waals surface area contributed by atoms with Crippen molar-refractivity contribution >= 4 is 5.82 Å². The number of hydrogen-bond acceptors (Lipinski definition) is 4. The van der Waals surface area contributed by atoms with Crippen molar-refractivity contribution in [2.24, 2.45) is 5.73 Å². The predicted octanol–water partition coefficient (Wildman–Crippen LogP) is 1.49. The second-order valence-electron chi connectivity index (χ2n) is 4.65. The van der Waals surface area contributed by atoms with Crippen LogP contribution in [0, 0.1) is 6.92 Å². The third-order valence-corrected chi connectivity index (χ3v) is 3.23. The molecular weight excluding hydrogens is 200 g/mol. The van der Waals surface area contributed by atoms with Crippen LogP contribution in [0.4, 0.5) is 5.82 Å². The van der Waals surface area contributed by atoms with E-state index < -0.39 is 0 Å². The molecule has 1 aromatic heterocycles. The molecule has 16 heavy (non-hydrogen) atoms. The molecule has 0 amide bonds. The van der Waals surface area contributed by atoms with E-state index in [1.165, 1.54) is 12.8 Å². The Kier molecular flexibility index (Phi) is 3.39. The van der Waals surface area contributed by atoms with Gasteiger partial charge in [0.25, 0.3) is 0 Å². The summed E-state index contributed by atoms with van der Waals surface area (Å²) in [5, 5.41) is 8.37. The van der Waals surface area contributed by atoms with Crippen molar-refractivity contribution in [1.29, 1.82) is 0 Å². The van der Waals surface area contributed by atoms with E-state index >= 15 is 0 Å². The second kappa shape index (κ2) is 4.78. The summed E-state index contributed by atoms with van der Waals surface area (Å²) >= 11 is 0. The second-order valence-corrected chi connectivity index (χ2v) is 4.65. The number of piperidine rings is 1. The summed E-state index contributed by atoms with van der Waals surface area (Å²) in [6, 6.07) is 4.65. The van der Waals surface area contributed by atoms with Crippen molar-refractivity contribution < 1.29 is 0 Å². The van der Waals surface area contributed by atoms with E-state index in [1.54, 1.807) is 0 Å². The average Bonchev–Trinajstić information content (AvgIpc) is 2.30. The molecule has 2 rings (SSSR count). The Balaban J connectivity index is 2.19. The largest absolute Gasteiger partial charge is 0.351 e. The van der Waals surface area contributed by atoms with Gasteiger partial charge in [0, 0.05) is 18.6 Å². The minimum Gasteiger partial charge on any atom is -0.351 e. The Hall–Kier alpha value is -1.16. The highest BCUT2D eigenvalue weighted by atomic mass is 15.3. The Morgan fingerprint density at radius 3 is 2.81 bits per heavy atom. The van der Waals surface area contributed by atoms with E-state index in [0.717, 1.165) is 24.5 Å². The van der Waals surface area contributed by atoms with E-state index in [-0.39, 0.29) is 6.04 Å². The summed E-state index contributed by atoms with van der Waals surface area (Å²) < 4.78 is 0. The highest BCUT2D eigenvalue weighted by Crippen LogP contribution is 2.23. The predicted molar refractivity (Wildman–Crippen MR) is 65.4 cm³/mol. The molecule has 1 fully saturated rings. The van der Waals surface area contributed by atoms with Crippen LogP contribution < -0.4 is 10.6 Å². The molecule has 4 nitrogen and oxygen atoms in total. The zero-order chi connectivity index (χ0) is 11.5. The maximum Gasteiger partial charge on any atom is 0.151 e. The molecule has 88 valence electrons. The van der Waals surface area contributed by atoms with Gasteiger partial charge >= 0.3 is 0 Å². The summed E-state index contributed by atoms with van der Waals surface area (Å²) in [6.45, 7) is 5.07. The SMILES string of the molecule is Cc1ccc(N2CCCCC2C(C)N)nn1. The fourth-order valence-corrected chi connectivity index (χ4v) is 2.33. The van der Waals surface area contributed by atoms with Gasteiger partial charge in [-0.1, -0.05) is 0 Å². The molecule has 0 spiro atoms. The Morgan fingerprint density at radius 2 is 2.19 bits per heavy atom. The van der Waals surface area contributed by atoms with E-state index in [2.05, 4.69) is 22.0 Å². The zero-order valence-corrected chi connectivity index (χ0v) is 10.1. The van der Waals surface area contributed by atoms with Crippen molar-refractivity contribution in [3.63, 3.8) is 0 Å². The van der Waals surface area contributed by atoms with E-state index in [4.69, 9.17) is 5.73 Å². The van der Waals surface area contributed by atoms with Gasteiger partial charge in [-0.25, -0.2) is 0 Å². The molecule has 2 atom stereocenters. The van der Waals surface area contributed by atoms with Crippen LogP contribution in [-0.2, 0) is 0 Å². The van der Waals surface area contributed by atoms with Gasteiger partial charge in [0.15, 0.2) is 5.82 Å². The molecule has 1 aromatic rings. The molecule has 1 aliphatic rings. The van der Waals surface area contributed by atoms with Crippen LogP contribution in [-0.4, -0.2) is 28.8 Å². The van der Waals surface area contributed by atoms with Crippen molar-refractivity contribution in [2.75, 3.05) is 11.4 Å². The van der Waals surface area contributed by atoms with Gasteiger partial charge in [0.2, 0.25) is 0 Å². The lowest BCUT2D eigenvalue weighted by Gasteiger charge is -2.38. The molecule has 1 saturated heterocycles. The van der Waals surface area contributed by atoms with Crippen LogP contribution in [0.3, 0.4) is 0 Å². The molecule has 0 aliphatic carbocycles. The van der Waals surface area contributed by atoms with Crippen LogP contribution in [0.2, 0.25) is 0 Å². The third-order valence-electron chi connectivity index (χ3n) is 3.23. The fraction of sp³-hybridized carbons (Fsp3) is 0.667. The van der Waals surface area contributed by atoms with Crippen LogP contribution in [0.5, 0.6) is 0 Å². The Bertz CT molecular complexity index is 333. The summed E-state index contributed by atoms with van der Waals surface area (Å²) in [5.41, 5.74) is 6.99. The number of nitrogens with two attached hydrogens (primary N) is 1. The zero-order valence-electron chi connectivity index (χ0n) is 10.1. The molecule has 4 heteroatoms. The van der Waals surface area contributed by atoms with Crippen LogP contribution in [0.15, 0.2) is 12.1 Å². The smallest absolute Gasteiger partial charge is 0.151 e. The third kappa shape index (κ3) is 2.32. The molecule has 2 N–H and O–H groups in total. The van der Waals surface area contributed by atoms with Crippen molar-refractivity contribution in [2.45, 2.75) is 45.2 Å². The van der Waals surface area contributed by atoms with E-state index in [0.29, 0.717) is 6.04 Å². The van der Waals surface area contributed by atoms with Gasteiger partial charge in [-0.15, -0.1) is 5.10 Å². The molecular formula is C12H20N4. The topological polar surface area (TPSA) is 55.0 Å². The number of aromatic nitrogens is 2. The van der Waals surface area contributed by atoms with Gasteiger partial charge in [0.1, 0.15) is 0 Å². The lowest BCUT2D eigenvalue weighted by Crippen LogP contribution is -2.49. The normalized spacial score (nSPS) is 23.2. The lowest BCUT2D eigenvalue weighted by atomic mass is 9.97. The monoisotopic (exact) mass is 220 g/mol. The fourth-order valence-electron chi connectivity index (χ4n) is 2.33. The molecule has 1 aliphatic heterocycles. The molecule has 2 heterocycles. The van der Waals surface area contributed by atoms with Crippen molar-refractivity contribution in [3.05, 3.63) is 17.8 Å². The molecule has 0 aromatic carbocycles. The quantitative estimate of drug-likeness (QED) is 0.820. The molecule has 2 unspecified atom stereocenters. The first-order valence-corrected chi connectivity index (χ1v) is 6.01. The molecule has 0 saturated carbocycles. The van der Waals surface area contributed by atoms with Gasteiger partial charge < -0.3 is 10.6 Å². The standard InChI is InChI=1S/C12H20N4/c1-9-6-7-12(15-14-9)16-8-4-3-5-11(16)10(2)13/h6-7,10-11H,3-5,8,13H2,1-2H3. The van der Waals surface area contributed by atoms with Crippen LogP contribution >= 0.6 is 0 Å². The number of anilines is 1. The van der Waals surface area contributed by atoms with E-state index in [1.807, 2.05) is 19.1 Å². The minimum absolute atomic E-state index is 0.184. The first-order chi connectivity index (χ1) is 7.68. The minimum atomic E-state index is 0.184. The first kappa shape index (κ1) is 11.3. The van der Waals surface area contributed by atoms with Gasteiger partial charge in [-0.05, 0) is 45.2 Å². The summed E-state index contributed by atoms with van der Waals surface area (Å²) in [6.07, 6.45) is 3.65. The highest BCUT2D eigenvalue weighted by molar-refractivity contribution is 5.39. The number of hydrogen-bond donors (Lipinski definition) is 1. The molecule has 0 radical (unpaired) electrons. The van der Waals surface area contributed by atoms with Gasteiger partial charge in [0.05, 0.1) is 5.69 Å². The maximum absolute atomic E-state index is 6.03. The number of nitrogens with zero attached hydrogens (tertiary/aromatic N) is 3. The number of aryl methyl sites for hydroxylation is 1. The lowest BCUT2D eigenvalue weighted by molar-refractivity contribution is 0.410. The van der Waals surface area contributed by atoms with E-state index in [9.17, 15) is 0 Å². The van der Waals surface area contributed by atoms with Crippen LogP contribution in [0.25, 0.3) is 0 Å². The van der Waals surface area contributed by atoms with Gasteiger partial charge in [-0.2, -0.15) is 5.10 Å². The van der Waals surface area contributed by atoms with Crippen molar-refractivity contribution in [1.82, 2.24) is 10.2 Å². The highest BCUT2D eigenvalue weighted by Gasteiger charge is 2.26. The average molecular weight is 220 g/mol. The Labute approximate surface area is 96.9 Å². The summed E-state index contributed by atoms with van der Waals surface area (Å²) in [4.78, 5) is 2.31. The summed E-state index contributed by atoms with van der Waals surface area (Å²) in [5.74, 6) is 0.965. The van der Waals surface area contributed by atoms with Gasteiger partial charge in [-0.3, -0.25) is 0 Å². The van der Waals surface area contributed by atoms with Crippen LogP contribution in [0.1, 0.15) is 31.9 Å². The number of rotatable bonds is 2. The first-order valence-electron chi connectivity index (χ1n) is 6.01. The summed E-state index contributed by atoms with van der Waals surface area (Å²) in [7, 11) is 0. The maximum atomic E-state index is 6.03. The molecule has 0 bridgehead atoms. The Morgan fingerprint density at radius 1 is 1.38 bits per heavy atom. The van der Waals surface area contributed by atoms with Crippen molar-refractivity contribution in [3.8, 4) is 0 Å².